The number of amides is 2. The first-order chi connectivity index (χ1) is 15.1. The molecule has 0 radical (unpaired) electrons. The second-order valence-electron chi connectivity index (χ2n) is 6.80. The molecule has 1 saturated heterocycles. The topological polar surface area (TPSA) is 84.4 Å². The molecular formula is C23H20N4O3S. The van der Waals surface area contributed by atoms with Gasteiger partial charge in [-0.25, -0.2) is 9.97 Å². The molecule has 2 amide bonds. The summed E-state index contributed by atoms with van der Waals surface area (Å²) < 4.78 is 5.83. The molecule has 0 bridgehead atoms. The highest BCUT2D eigenvalue weighted by molar-refractivity contribution is 8.18. The fourth-order valence-electron chi connectivity index (χ4n) is 2.94. The summed E-state index contributed by atoms with van der Waals surface area (Å²) in [7, 11) is 1.96. The summed E-state index contributed by atoms with van der Waals surface area (Å²) in [5.74, 6) is 1.87. The lowest BCUT2D eigenvalue weighted by Crippen LogP contribution is -2.24. The molecule has 1 aromatic heterocycles. The van der Waals surface area contributed by atoms with Gasteiger partial charge in [-0.15, -0.1) is 0 Å². The van der Waals surface area contributed by atoms with Crippen LogP contribution >= 0.6 is 11.8 Å². The largest absolute Gasteiger partial charge is 0.492 e. The molecule has 1 aliphatic rings. The Morgan fingerprint density at radius 2 is 1.84 bits per heavy atom. The number of nitrogens with zero attached hydrogens (tertiary/aromatic N) is 3. The van der Waals surface area contributed by atoms with Gasteiger partial charge in [0.25, 0.3) is 11.1 Å². The number of thioether (sulfide) groups is 1. The van der Waals surface area contributed by atoms with Crippen LogP contribution in [-0.4, -0.2) is 41.3 Å². The van der Waals surface area contributed by atoms with Gasteiger partial charge in [0, 0.05) is 18.8 Å². The highest BCUT2D eigenvalue weighted by atomic mass is 32.2. The Balaban J connectivity index is 1.32. The second kappa shape index (κ2) is 9.44. The molecule has 0 aliphatic carbocycles. The summed E-state index contributed by atoms with van der Waals surface area (Å²) in [6.45, 7) is 1.13. The summed E-state index contributed by atoms with van der Waals surface area (Å²) >= 11 is 0.902. The third kappa shape index (κ3) is 5.29. The van der Waals surface area contributed by atoms with E-state index in [1.807, 2.05) is 72.6 Å². The van der Waals surface area contributed by atoms with Crippen LogP contribution in [0.1, 0.15) is 5.56 Å². The van der Waals surface area contributed by atoms with Crippen LogP contribution in [0.2, 0.25) is 0 Å². The van der Waals surface area contributed by atoms with Crippen LogP contribution in [0.3, 0.4) is 0 Å². The molecule has 3 aromatic rings. The number of likely N-dealkylation sites (N-methyl/N-ethyl adjacent to an activating group) is 1. The third-order valence-electron chi connectivity index (χ3n) is 4.58. The number of carbonyl (C=O) groups excluding carboxylic acids is 2. The average molecular weight is 433 g/mol. The Hall–Kier alpha value is -3.65. The Morgan fingerprint density at radius 3 is 2.55 bits per heavy atom. The molecule has 7 nitrogen and oxygen atoms in total. The molecule has 0 saturated carbocycles. The van der Waals surface area contributed by atoms with Gasteiger partial charge >= 0.3 is 0 Å². The molecule has 1 aliphatic heterocycles. The van der Waals surface area contributed by atoms with Gasteiger partial charge in [-0.1, -0.05) is 42.5 Å². The minimum absolute atomic E-state index is 0.347. The van der Waals surface area contributed by atoms with Gasteiger partial charge in [0.1, 0.15) is 18.2 Å². The van der Waals surface area contributed by atoms with Crippen LogP contribution in [-0.2, 0) is 4.79 Å². The van der Waals surface area contributed by atoms with E-state index < -0.39 is 0 Å². The van der Waals surface area contributed by atoms with Crippen molar-refractivity contribution < 1.29 is 14.3 Å². The zero-order valence-corrected chi connectivity index (χ0v) is 17.6. The minimum atomic E-state index is -0.362. The van der Waals surface area contributed by atoms with Gasteiger partial charge in [0.2, 0.25) is 0 Å². The highest BCUT2D eigenvalue weighted by Gasteiger charge is 2.24. The lowest BCUT2D eigenvalue weighted by Gasteiger charge is -2.18. The van der Waals surface area contributed by atoms with Crippen molar-refractivity contribution in [3.05, 3.63) is 77.3 Å². The smallest absolute Gasteiger partial charge is 0.290 e. The van der Waals surface area contributed by atoms with E-state index in [1.165, 1.54) is 0 Å². The van der Waals surface area contributed by atoms with Crippen molar-refractivity contribution in [2.45, 2.75) is 0 Å². The second-order valence-corrected chi connectivity index (χ2v) is 7.81. The number of rotatable bonds is 7. The Morgan fingerprint density at radius 1 is 1.06 bits per heavy atom. The van der Waals surface area contributed by atoms with Crippen molar-refractivity contribution in [1.29, 1.82) is 0 Å². The number of carbonyl (C=O) groups is 2. The van der Waals surface area contributed by atoms with Crippen LogP contribution in [0.15, 0.2) is 71.8 Å². The van der Waals surface area contributed by atoms with Gasteiger partial charge in [-0.2, -0.15) is 0 Å². The molecule has 31 heavy (non-hydrogen) atoms. The number of ether oxygens (including phenoxy) is 1. The first kappa shape index (κ1) is 20.6. The maximum atomic E-state index is 11.6. The molecular weight excluding hydrogens is 412 g/mol. The fraction of sp³-hybridized carbons (Fsp3) is 0.130. The molecule has 1 N–H and O–H groups in total. The molecule has 2 aromatic carbocycles. The van der Waals surface area contributed by atoms with Crippen molar-refractivity contribution in [3.8, 4) is 17.1 Å². The highest BCUT2D eigenvalue weighted by Crippen LogP contribution is 2.26. The van der Waals surface area contributed by atoms with Crippen molar-refractivity contribution in [2.75, 3.05) is 25.1 Å². The quantitative estimate of drug-likeness (QED) is 0.565. The number of hydrogen-bond acceptors (Lipinski definition) is 7. The summed E-state index contributed by atoms with van der Waals surface area (Å²) in [5, 5.41) is 1.89. The van der Waals surface area contributed by atoms with Crippen molar-refractivity contribution in [1.82, 2.24) is 15.3 Å². The summed E-state index contributed by atoms with van der Waals surface area (Å²) in [4.78, 5) is 34.2. The molecule has 8 heteroatoms. The van der Waals surface area contributed by atoms with Crippen LogP contribution in [0.25, 0.3) is 17.5 Å². The number of aromatic nitrogens is 2. The Labute approximate surface area is 184 Å². The lowest BCUT2D eigenvalue weighted by atomic mass is 10.2. The maximum Gasteiger partial charge on any atom is 0.290 e. The summed E-state index contributed by atoms with van der Waals surface area (Å²) in [5.41, 5.74) is 1.80. The predicted molar refractivity (Wildman–Crippen MR) is 122 cm³/mol. The molecule has 156 valence electrons. The average Bonchev–Trinajstić information content (AvgIpc) is 3.12. The third-order valence-corrected chi connectivity index (χ3v) is 5.39. The molecule has 1 fully saturated rings. The van der Waals surface area contributed by atoms with E-state index >= 15 is 0 Å². The number of hydrogen-bond donors (Lipinski definition) is 1. The van der Waals surface area contributed by atoms with Gasteiger partial charge in [-0.05, 0) is 41.6 Å². The van der Waals surface area contributed by atoms with E-state index in [4.69, 9.17) is 4.74 Å². The monoisotopic (exact) mass is 432 g/mol. The van der Waals surface area contributed by atoms with E-state index in [0.717, 1.165) is 34.5 Å². The normalized spacial score (nSPS) is 14.5. The molecule has 0 atom stereocenters. The van der Waals surface area contributed by atoms with Gasteiger partial charge in [-0.3, -0.25) is 14.9 Å². The number of anilines is 1. The molecule has 0 unspecified atom stereocenters. The molecule has 0 spiro atoms. The van der Waals surface area contributed by atoms with Gasteiger partial charge in [0.15, 0.2) is 5.82 Å². The van der Waals surface area contributed by atoms with E-state index in [2.05, 4.69) is 15.3 Å². The zero-order valence-electron chi connectivity index (χ0n) is 16.8. The standard InChI is InChI=1S/C23H20N4O3S/c1-27(20-11-12-24-21(25-20)17-5-3-2-4-6-17)13-14-30-18-9-7-16(8-10-18)15-19-22(28)26-23(29)31-19/h2-12,15H,13-14H2,1H3,(H,26,28,29)/b19-15-. The van der Waals surface area contributed by atoms with Gasteiger partial charge in [0.05, 0.1) is 11.4 Å². The summed E-state index contributed by atoms with van der Waals surface area (Å²) in [6, 6.07) is 19.1. The fourth-order valence-corrected chi connectivity index (χ4v) is 3.62. The Kier molecular flexibility index (Phi) is 6.28. The predicted octanol–water partition coefficient (Wildman–Crippen LogP) is 3.98. The molecule has 4 rings (SSSR count). The van der Waals surface area contributed by atoms with Crippen LogP contribution in [0, 0.1) is 0 Å². The SMILES string of the molecule is CN(CCOc1ccc(/C=C2\SC(=O)NC2=O)cc1)c1ccnc(-c2ccccc2)n1. The van der Waals surface area contributed by atoms with Crippen molar-refractivity contribution >= 4 is 34.8 Å². The number of benzene rings is 2. The van der Waals surface area contributed by atoms with E-state index in [1.54, 1.807) is 12.3 Å². The van der Waals surface area contributed by atoms with E-state index in [-0.39, 0.29) is 11.1 Å². The number of imide groups is 1. The minimum Gasteiger partial charge on any atom is -0.492 e. The first-order valence-electron chi connectivity index (χ1n) is 9.66. The summed E-state index contributed by atoms with van der Waals surface area (Å²) in [6.07, 6.45) is 3.44. The van der Waals surface area contributed by atoms with Crippen molar-refractivity contribution in [2.24, 2.45) is 0 Å². The lowest BCUT2D eigenvalue weighted by molar-refractivity contribution is -0.115. The Bertz CT molecular complexity index is 1120. The molecule has 2 heterocycles. The maximum absolute atomic E-state index is 11.6. The van der Waals surface area contributed by atoms with Crippen LogP contribution in [0.4, 0.5) is 10.6 Å². The first-order valence-corrected chi connectivity index (χ1v) is 10.5. The number of nitrogens with one attached hydrogen (secondary N) is 1. The van der Waals surface area contributed by atoms with E-state index in [9.17, 15) is 9.59 Å². The van der Waals surface area contributed by atoms with E-state index in [0.29, 0.717) is 23.9 Å². The van der Waals surface area contributed by atoms with Crippen molar-refractivity contribution in [3.63, 3.8) is 0 Å². The van der Waals surface area contributed by atoms with Crippen LogP contribution < -0.4 is 15.0 Å². The van der Waals surface area contributed by atoms with Crippen LogP contribution in [0.5, 0.6) is 5.75 Å². The van der Waals surface area contributed by atoms with Gasteiger partial charge < -0.3 is 9.64 Å². The zero-order chi connectivity index (χ0) is 21.6.